The van der Waals surface area contributed by atoms with Crippen LogP contribution in [-0.2, 0) is 16.0 Å². The summed E-state index contributed by atoms with van der Waals surface area (Å²) in [6.45, 7) is 13.0. The maximum atomic E-state index is 12.2. The van der Waals surface area contributed by atoms with Crippen molar-refractivity contribution in [3.63, 3.8) is 0 Å². The Kier molecular flexibility index (Phi) is 13.6. The first kappa shape index (κ1) is 33.7. The Morgan fingerprint density at radius 2 is 1.67 bits per heavy atom. The van der Waals surface area contributed by atoms with E-state index in [1.165, 1.54) is 48.2 Å². The fourth-order valence-electron chi connectivity index (χ4n) is 4.77. The first-order chi connectivity index (χ1) is 20.7. The largest absolute Gasteiger partial charge is 0.383 e. The first-order valence-electron chi connectivity index (χ1n) is 15.0. The summed E-state index contributed by atoms with van der Waals surface area (Å²) in [4.78, 5) is 39.8. The number of carbonyl (C=O) groups is 3. The lowest BCUT2D eigenvalue weighted by Crippen LogP contribution is -2.33. The monoisotopic (exact) mass is 604 g/mol. The average molecular weight is 605 g/mol. The van der Waals surface area contributed by atoms with E-state index >= 15 is 0 Å². The molecule has 0 aliphatic carbocycles. The van der Waals surface area contributed by atoms with Gasteiger partial charge in [-0.05, 0) is 89.9 Å². The lowest BCUT2D eigenvalue weighted by molar-refractivity contribution is -0.125. The van der Waals surface area contributed by atoms with Crippen LogP contribution in [0, 0.1) is 18.3 Å². The van der Waals surface area contributed by atoms with Gasteiger partial charge in [-0.3, -0.25) is 14.4 Å². The van der Waals surface area contributed by atoms with Crippen LogP contribution in [0.5, 0.6) is 0 Å². The van der Waals surface area contributed by atoms with Crippen molar-refractivity contribution in [3.05, 3.63) is 75.8 Å². The summed E-state index contributed by atoms with van der Waals surface area (Å²) in [5.74, 6) is -0.186. The molecule has 0 aromatic heterocycles. The second kappa shape index (κ2) is 17.3. The first-order valence-corrected chi connectivity index (χ1v) is 16.0. The number of nitrogens with one attached hydrogen (secondary N) is 3. The van der Waals surface area contributed by atoms with Crippen molar-refractivity contribution in [2.75, 3.05) is 50.3 Å². The minimum atomic E-state index is -0.421. The molecule has 0 unspecified atom stereocenters. The average Bonchev–Trinajstić information content (AvgIpc) is 3.64. The van der Waals surface area contributed by atoms with Crippen LogP contribution in [0.1, 0.15) is 55.1 Å². The Morgan fingerprint density at radius 1 is 1.00 bits per heavy atom. The van der Waals surface area contributed by atoms with E-state index in [9.17, 15) is 19.6 Å². The molecule has 2 heterocycles. The van der Waals surface area contributed by atoms with Gasteiger partial charge in [0.2, 0.25) is 5.91 Å². The molecule has 3 N–H and O–H groups in total. The molecule has 2 aromatic rings. The van der Waals surface area contributed by atoms with Gasteiger partial charge in [0.25, 0.3) is 11.8 Å². The van der Waals surface area contributed by atoms with E-state index < -0.39 is 5.91 Å². The highest BCUT2D eigenvalue weighted by Gasteiger charge is 2.30. The van der Waals surface area contributed by atoms with E-state index in [1.807, 2.05) is 68.4 Å². The quantitative estimate of drug-likeness (QED) is 0.258. The number of amides is 3. The van der Waals surface area contributed by atoms with Crippen LogP contribution in [0.2, 0.25) is 0 Å². The number of anilines is 1. The van der Waals surface area contributed by atoms with Gasteiger partial charge in [-0.25, -0.2) is 0 Å². The minimum absolute atomic E-state index is 0.0142. The van der Waals surface area contributed by atoms with Crippen LogP contribution in [0.15, 0.2) is 59.1 Å². The van der Waals surface area contributed by atoms with Crippen molar-refractivity contribution < 1.29 is 14.4 Å². The molecular formula is C33H44N6O3S. The number of hydrogen-bond acceptors (Lipinski definition) is 7. The molecule has 2 aliphatic heterocycles. The smallest absolute Gasteiger partial charge is 0.264 e. The third-order valence-electron chi connectivity index (χ3n) is 7.08. The van der Waals surface area contributed by atoms with Gasteiger partial charge in [0.15, 0.2) is 0 Å². The number of carbonyl (C=O) groups excluding carboxylic acids is 3. The molecule has 0 bridgehead atoms. The molecule has 2 aliphatic rings. The summed E-state index contributed by atoms with van der Waals surface area (Å²) in [6, 6.07) is 18.1. The van der Waals surface area contributed by atoms with Crippen molar-refractivity contribution in [1.29, 1.82) is 5.26 Å². The number of benzene rings is 2. The number of aryl methyl sites for hydroxylation is 1. The zero-order valence-corrected chi connectivity index (χ0v) is 26.6. The number of likely N-dealkylation sites (tertiary alicyclic amines) is 1. The van der Waals surface area contributed by atoms with Gasteiger partial charge >= 0.3 is 0 Å². The van der Waals surface area contributed by atoms with Crippen molar-refractivity contribution in [3.8, 4) is 6.07 Å². The minimum Gasteiger partial charge on any atom is -0.383 e. The van der Waals surface area contributed by atoms with Gasteiger partial charge in [-0.1, -0.05) is 41.6 Å². The highest BCUT2D eigenvalue weighted by Crippen LogP contribution is 2.31. The molecule has 10 heteroatoms. The number of thioether (sulfide) groups is 1. The fourth-order valence-corrected chi connectivity index (χ4v) is 5.86. The zero-order chi connectivity index (χ0) is 31.2. The molecule has 0 saturated carbocycles. The molecule has 3 amide bonds. The molecule has 0 radical (unpaired) electrons. The van der Waals surface area contributed by atoms with E-state index in [2.05, 4.69) is 34.7 Å². The molecule has 4 rings (SSSR count). The van der Waals surface area contributed by atoms with E-state index in [4.69, 9.17) is 0 Å². The highest BCUT2D eigenvalue weighted by molar-refractivity contribution is 8.04. The molecule has 2 aromatic carbocycles. The Bertz CT molecular complexity index is 1300. The molecule has 9 nitrogen and oxygen atoms in total. The summed E-state index contributed by atoms with van der Waals surface area (Å²) in [6.07, 6.45) is 3.28. The maximum Gasteiger partial charge on any atom is 0.264 e. The molecule has 2 fully saturated rings. The Balaban J connectivity index is 0.000000238. The normalized spacial score (nSPS) is 15.9. The van der Waals surface area contributed by atoms with Crippen molar-refractivity contribution in [2.24, 2.45) is 0 Å². The van der Waals surface area contributed by atoms with Gasteiger partial charge in [-0.2, -0.15) is 5.26 Å². The van der Waals surface area contributed by atoms with Gasteiger partial charge < -0.3 is 25.8 Å². The third-order valence-corrected chi connectivity index (χ3v) is 8.17. The molecule has 2 saturated heterocycles. The topological polar surface area (TPSA) is 118 Å². The van der Waals surface area contributed by atoms with Gasteiger partial charge in [0.1, 0.15) is 16.7 Å². The van der Waals surface area contributed by atoms with Crippen molar-refractivity contribution >= 4 is 35.2 Å². The summed E-state index contributed by atoms with van der Waals surface area (Å²) in [5, 5.41) is 18.8. The second-order valence-corrected chi connectivity index (χ2v) is 11.9. The molecule has 0 atom stereocenters. The van der Waals surface area contributed by atoms with Gasteiger partial charge in [0, 0.05) is 43.5 Å². The van der Waals surface area contributed by atoms with Crippen LogP contribution in [0.3, 0.4) is 0 Å². The second-order valence-electron chi connectivity index (χ2n) is 10.9. The predicted octanol–water partition coefficient (Wildman–Crippen LogP) is 4.32. The van der Waals surface area contributed by atoms with E-state index in [0.29, 0.717) is 30.6 Å². The van der Waals surface area contributed by atoms with Crippen molar-refractivity contribution in [2.45, 2.75) is 53.0 Å². The zero-order valence-electron chi connectivity index (χ0n) is 25.7. The third kappa shape index (κ3) is 10.8. The highest BCUT2D eigenvalue weighted by atomic mass is 32.2. The Labute approximate surface area is 260 Å². The van der Waals surface area contributed by atoms with E-state index in [-0.39, 0.29) is 23.1 Å². The van der Waals surface area contributed by atoms with E-state index in [1.54, 1.807) is 0 Å². The van der Waals surface area contributed by atoms with Crippen molar-refractivity contribution in [1.82, 2.24) is 20.4 Å². The Hall–Kier alpha value is -3.81. The standard InChI is InChI=1S/C17H19N3O2S.C16H25N3O/c1-3-20-15(21)11-23-17(20)14(10-18)16(22)19-9-8-13-6-4-12(2)5-7-13;1-13(2)18-15-7-5-14(6-8-15)16(20)17-9-12-19-10-3-4-11-19/h4-7H,3,8-9,11H2,1-2H3,(H,19,22);5-8,13,18H,3-4,9-12H2,1-2H3,(H,17,20)/b17-14-;. The fraction of sp³-hybridized carbons (Fsp3) is 0.455. The van der Waals surface area contributed by atoms with E-state index in [0.717, 1.165) is 29.9 Å². The van der Waals surface area contributed by atoms with Gasteiger partial charge in [0.05, 0.1) is 5.75 Å². The van der Waals surface area contributed by atoms with Crippen LogP contribution < -0.4 is 16.0 Å². The number of hydrogen-bond donors (Lipinski definition) is 3. The number of rotatable bonds is 11. The predicted molar refractivity (Wildman–Crippen MR) is 174 cm³/mol. The molecule has 0 spiro atoms. The SMILES string of the molecule is CC(C)Nc1ccc(C(=O)NCCN2CCCC2)cc1.CCN1C(=O)CS/C1=C(/C#N)C(=O)NCCc1ccc(C)cc1. The lowest BCUT2D eigenvalue weighted by Gasteiger charge is -2.15. The maximum absolute atomic E-state index is 12.2. The van der Waals surface area contributed by atoms with Crippen LogP contribution in [0.25, 0.3) is 0 Å². The van der Waals surface area contributed by atoms with Crippen LogP contribution >= 0.6 is 11.8 Å². The Morgan fingerprint density at radius 3 is 2.28 bits per heavy atom. The summed E-state index contributed by atoms with van der Waals surface area (Å²) in [5.41, 5.74) is 4.11. The summed E-state index contributed by atoms with van der Waals surface area (Å²) >= 11 is 1.25. The van der Waals surface area contributed by atoms with Crippen LogP contribution in [0.4, 0.5) is 5.69 Å². The summed E-state index contributed by atoms with van der Waals surface area (Å²) in [7, 11) is 0. The summed E-state index contributed by atoms with van der Waals surface area (Å²) < 4.78 is 0. The molecule has 230 valence electrons. The molecule has 43 heavy (non-hydrogen) atoms. The van der Waals surface area contributed by atoms with Gasteiger partial charge in [-0.15, -0.1) is 0 Å². The number of nitrogens with zero attached hydrogens (tertiary/aromatic N) is 3. The lowest BCUT2D eigenvalue weighted by atomic mass is 10.1. The van der Waals surface area contributed by atoms with Crippen LogP contribution in [-0.4, -0.2) is 78.6 Å². The number of nitriles is 1. The molecular weight excluding hydrogens is 560 g/mol.